The van der Waals surface area contributed by atoms with E-state index in [1.54, 1.807) is 5.10 Å². The molecule has 0 aromatic carbocycles. The summed E-state index contributed by atoms with van der Waals surface area (Å²) in [5.74, 6) is 0.0776. The van der Waals surface area contributed by atoms with Gasteiger partial charge >= 0.3 is 12.4 Å². The van der Waals surface area contributed by atoms with Crippen LogP contribution in [-0.4, -0.2) is 43.2 Å². The molecule has 4 N–H and O–H groups in total. The molecule has 3 aromatic rings. The fourth-order valence-electron chi connectivity index (χ4n) is 2.81. The summed E-state index contributed by atoms with van der Waals surface area (Å²) in [5.41, 5.74) is -3.71. The van der Waals surface area contributed by atoms with Gasteiger partial charge in [-0.1, -0.05) is 11.6 Å². The van der Waals surface area contributed by atoms with E-state index >= 15 is 0 Å². The van der Waals surface area contributed by atoms with Crippen LogP contribution in [0, 0.1) is 0 Å². The van der Waals surface area contributed by atoms with Crippen LogP contribution in [0.2, 0.25) is 5.02 Å². The molecule has 0 bridgehead atoms. The number of aromatic nitrogens is 6. The van der Waals surface area contributed by atoms with E-state index in [-0.39, 0.29) is 30.6 Å². The molecule has 17 heteroatoms. The standard InChI is InChI=1S/C18H17ClF6N8O2/c1-8(28-9-5-27-33-16(34)14(9)18(23,24)25)6-35-7-11-15(19)10(29-30-11)4-26-13-3-2-12(31-32-13)17(20,21)22/h2-3,5,8H,4,6-7H2,1H3,(H,26,32)(H,29,30)(H2,28,33,34)/t8-/m0/s1. The van der Waals surface area contributed by atoms with Crippen molar-refractivity contribution in [2.75, 3.05) is 17.2 Å². The number of hydrogen-bond acceptors (Lipinski definition) is 8. The van der Waals surface area contributed by atoms with E-state index in [1.165, 1.54) is 6.92 Å². The Morgan fingerprint density at radius 2 is 1.86 bits per heavy atom. The maximum atomic E-state index is 13.1. The second-order valence-electron chi connectivity index (χ2n) is 7.16. The lowest BCUT2D eigenvalue weighted by molar-refractivity contribution is -0.141. The van der Waals surface area contributed by atoms with Crippen LogP contribution in [0.1, 0.15) is 29.6 Å². The molecule has 3 rings (SSSR count). The SMILES string of the molecule is C[C@@H](COCc1n[nH]c(CNc2ccc(C(F)(F)F)nn2)c1Cl)Nc1cn[nH]c(=O)c1C(F)(F)F. The van der Waals surface area contributed by atoms with Gasteiger partial charge in [-0.15, -0.1) is 10.2 Å². The van der Waals surface area contributed by atoms with Crippen molar-refractivity contribution in [2.45, 2.75) is 38.5 Å². The molecule has 10 nitrogen and oxygen atoms in total. The van der Waals surface area contributed by atoms with Crippen molar-refractivity contribution in [3.63, 3.8) is 0 Å². The van der Waals surface area contributed by atoms with Crippen molar-refractivity contribution in [2.24, 2.45) is 0 Å². The molecule has 0 amide bonds. The van der Waals surface area contributed by atoms with Gasteiger partial charge in [0, 0.05) is 6.04 Å². The molecule has 0 fully saturated rings. The van der Waals surface area contributed by atoms with Crippen LogP contribution in [-0.2, 0) is 30.2 Å². The Hall–Kier alpha value is -3.40. The number of anilines is 2. The fourth-order valence-corrected chi connectivity index (χ4v) is 3.01. The highest BCUT2D eigenvalue weighted by Gasteiger charge is 2.37. The molecule has 0 aliphatic heterocycles. The number of aromatic amines is 2. The molecular weight excluding hydrogens is 510 g/mol. The van der Waals surface area contributed by atoms with Crippen LogP contribution in [0.5, 0.6) is 0 Å². The minimum Gasteiger partial charge on any atom is -0.378 e. The lowest BCUT2D eigenvalue weighted by Gasteiger charge is -2.18. The van der Waals surface area contributed by atoms with Crippen LogP contribution in [0.3, 0.4) is 0 Å². The van der Waals surface area contributed by atoms with Crippen LogP contribution < -0.4 is 16.2 Å². The summed E-state index contributed by atoms with van der Waals surface area (Å²) in [4.78, 5) is 11.5. The summed E-state index contributed by atoms with van der Waals surface area (Å²) in [5, 5.41) is 23.7. The molecule has 0 aliphatic rings. The number of halogens is 7. The summed E-state index contributed by atoms with van der Waals surface area (Å²) in [6.45, 7) is 1.41. The highest BCUT2D eigenvalue weighted by Crippen LogP contribution is 2.31. The zero-order valence-electron chi connectivity index (χ0n) is 17.7. The van der Waals surface area contributed by atoms with Gasteiger partial charge in [0.25, 0.3) is 5.56 Å². The van der Waals surface area contributed by atoms with Crippen molar-refractivity contribution >= 4 is 23.1 Å². The maximum Gasteiger partial charge on any atom is 0.435 e. The molecule has 0 spiro atoms. The summed E-state index contributed by atoms with van der Waals surface area (Å²) < 4.78 is 82.4. The van der Waals surface area contributed by atoms with E-state index < -0.39 is 40.9 Å². The Labute approximate surface area is 197 Å². The van der Waals surface area contributed by atoms with Crippen LogP contribution in [0.4, 0.5) is 37.8 Å². The first-order valence-electron chi connectivity index (χ1n) is 9.71. The Kier molecular flexibility index (Phi) is 7.84. The number of hydrogen-bond donors (Lipinski definition) is 4. The average Bonchev–Trinajstić information content (AvgIpc) is 3.10. The molecule has 0 saturated carbocycles. The van der Waals surface area contributed by atoms with Gasteiger partial charge in [-0.2, -0.15) is 36.5 Å². The number of ether oxygens (including phenoxy) is 1. The van der Waals surface area contributed by atoms with E-state index in [1.807, 2.05) is 0 Å². The molecule has 3 heterocycles. The van der Waals surface area contributed by atoms with Gasteiger partial charge in [-0.3, -0.25) is 9.89 Å². The van der Waals surface area contributed by atoms with Gasteiger partial charge in [0.05, 0.1) is 42.4 Å². The highest BCUT2D eigenvalue weighted by molar-refractivity contribution is 6.31. The predicted octanol–water partition coefficient (Wildman–Crippen LogP) is 3.60. The first-order chi connectivity index (χ1) is 16.4. The number of rotatable bonds is 9. The normalized spacial score (nSPS) is 13.0. The van der Waals surface area contributed by atoms with Gasteiger partial charge in [0.2, 0.25) is 0 Å². The topological polar surface area (TPSA) is 134 Å². The Morgan fingerprint density at radius 3 is 2.49 bits per heavy atom. The third-order valence-corrected chi connectivity index (χ3v) is 4.84. The Bertz CT molecular complexity index is 1200. The number of alkyl halides is 6. The number of nitrogens with zero attached hydrogens (tertiary/aromatic N) is 4. The number of nitrogens with one attached hydrogen (secondary N) is 4. The second-order valence-corrected chi connectivity index (χ2v) is 7.54. The van der Waals surface area contributed by atoms with Gasteiger partial charge in [0.1, 0.15) is 17.1 Å². The predicted molar refractivity (Wildman–Crippen MR) is 111 cm³/mol. The van der Waals surface area contributed by atoms with Crippen molar-refractivity contribution < 1.29 is 31.1 Å². The lowest BCUT2D eigenvalue weighted by atomic mass is 10.2. The van der Waals surface area contributed by atoms with Gasteiger partial charge in [-0.05, 0) is 19.1 Å². The summed E-state index contributed by atoms with van der Waals surface area (Å²) in [6.07, 6.45) is -8.62. The quantitative estimate of drug-likeness (QED) is 0.311. The Balaban J connectivity index is 1.52. The molecule has 0 unspecified atom stereocenters. The smallest absolute Gasteiger partial charge is 0.378 e. The first kappa shape index (κ1) is 26.2. The van der Waals surface area contributed by atoms with Crippen LogP contribution in [0.25, 0.3) is 0 Å². The monoisotopic (exact) mass is 526 g/mol. The van der Waals surface area contributed by atoms with Crippen molar-refractivity contribution in [3.8, 4) is 0 Å². The van der Waals surface area contributed by atoms with Gasteiger partial charge < -0.3 is 15.4 Å². The third-order valence-electron chi connectivity index (χ3n) is 4.39. The van der Waals surface area contributed by atoms with E-state index in [4.69, 9.17) is 16.3 Å². The average molecular weight is 527 g/mol. The zero-order valence-corrected chi connectivity index (χ0v) is 18.4. The Morgan fingerprint density at radius 1 is 1.11 bits per heavy atom. The fraction of sp³-hybridized carbons (Fsp3) is 0.389. The van der Waals surface area contributed by atoms with Crippen LogP contribution >= 0.6 is 11.6 Å². The zero-order chi connectivity index (χ0) is 25.8. The van der Waals surface area contributed by atoms with Crippen molar-refractivity contribution in [3.05, 3.63) is 56.4 Å². The summed E-state index contributed by atoms with van der Waals surface area (Å²) in [6, 6.07) is 1.24. The van der Waals surface area contributed by atoms with E-state index in [9.17, 15) is 31.1 Å². The molecular formula is C18H17ClF6N8O2. The summed E-state index contributed by atoms with van der Waals surface area (Å²) in [7, 11) is 0. The molecule has 0 aliphatic carbocycles. The maximum absolute atomic E-state index is 13.1. The lowest BCUT2D eigenvalue weighted by Crippen LogP contribution is -2.29. The van der Waals surface area contributed by atoms with Crippen molar-refractivity contribution in [1.29, 1.82) is 0 Å². The van der Waals surface area contributed by atoms with Crippen LogP contribution in [0.15, 0.2) is 23.1 Å². The van der Waals surface area contributed by atoms with Gasteiger partial charge in [0.15, 0.2) is 5.69 Å². The van der Waals surface area contributed by atoms with E-state index in [0.717, 1.165) is 18.3 Å². The minimum atomic E-state index is -4.88. The largest absolute Gasteiger partial charge is 0.435 e. The highest BCUT2D eigenvalue weighted by atomic mass is 35.5. The first-order valence-corrected chi connectivity index (χ1v) is 10.1. The van der Waals surface area contributed by atoms with E-state index in [0.29, 0.717) is 11.4 Å². The molecule has 190 valence electrons. The minimum absolute atomic E-state index is 0.0413. The number of H-pyrrole nitrogens is 2. The van der Waals surface area contributed by atoms with Crippen molar-refractivity contribution in [1.82, 2.24) is 30.6 Å². The molecule has 0 radical (unpaired) electrons. The third kappa shape index (κ3) is 6.82. The van der Waals surface area contributed by atoms with Gasteiger partial charge in [-0.25, -0.2) is 5.10 Å². The molecule has 1 atom stereocenters. The summed E-state index contributed by atoms with van der Waals surface area (Å²) >= 11 is 6.22. The molecule has 3 aromatic heterocycles. The molecule has 0 saturated heterocycles. The second kappa shape index (κ2) is 10.5. The van der Waals surface area contributed by atoms with E-state index in [2.05, 4.69) is 36.1 Å². The molecule has 35 heavy (non-hydrogen) atoms.